The zero-order valence-corrected chi connectivity index (χ0v) is 12.6. The van der Waals surface area contributed by atoms with E-state index in [0.29, 0.717) is 28.7 Å². The van der Waals surface area contributed by atoms with E-state index < -0.39 is 0 Å². The first-order chi connectivity index (χ1) is 10.2. The lowest BCUT2D eigenvalue weighted by molar-refractivity contribution is 0.262. The van der Waals surface area contributed by atoms with E-state index >= 15 is 0 Å². The van der Waals surface area contributed by atoms with Crippen molar-refractivity contribution in [2.24, 2.45) is 0 Å². The van der Waals surface area contributed by atoms with Crippen molar-refractivity contribution in [2.45, 2.75) is 12.5 Å². The summed E-state index contributed by atoms with van der Waals surface area (Å²) in [6.07, 6.45) is 0. The van der Waals surface area contributed by atoms with Gasteiger partial charge >= 0.3 is 0 Å². The zero-order chi connectivity index (χ0) is 15.2. The lowest BCUT2D eigenvalue weighted by atomic mass is 10.2. The zero-order valence-electron chi connectivity index (χ0n) is 11.9. The van der Waals surface area contributed by atoms with Crippen molar-refractivity contribution in [1.29, 1.82) is 0 Å². The number of methoxy groups -OCH3 is 2. The lowest BCUT2D eigenvalue weighted by Crippen LogP contribution is -2.02. The smallest absolute Gasteiger partial charge is 0.203 e. The summed E-state index contributed by atoms with van der Waals surface area (Å²) < 4.78 is 29.9. The Morgan fingerprint density at radius 3 is 2.19 bits per heavy atom. The number of hydrogen-bond donors (Lipinski definition) is 0. The molecule has 0 atom stereocenters. The fourth-order valence-electron chi connectivity index (χ4n) is 1.92. The molecule has 112 valence electrons. The molecule has 0 N–H and O–H groups in total. The minimum atomic E-state index is -0.312. The molecule has 0 spiro atoms. The molecule has 0 saturated carbocycles. The van der Waals surface area contributed by atoms with Crippen molar-refractivity contribution in [3.63, 3.8) is 0 Å². The van der Waals surface area contributed by atoms with E-state index in [1.807, 2.05) is 0 Å². The summed E-state index contributed by atoms with van der Waals surface area (Å²) in [4.78, 5) is 0. The van der Waals surface area contributed by atoms with Crippen molar-refractivity contribution in [3.8, 4) is 17.2 Å². The molecule has 2 rings (SSSR count). The molecule has 0 fully saturated rings. The van der Waals surface area contributed by atoms with Crippen molar-refractivity contribution in [1.82, 2.24) is 0 Å². The highest BCUT2D eigenvalue weighted by atomic mass is 35.5. The van der Waals surface area contributed by atoms with Crippen LogP contribution < -0.4 is 14.2 Å². The van der Waals surface area contributed by atoms with Crippen LogP contribution in [0.25, 0.3) is 0 Å². The highest BCUT2D eigenvalue weighted by molar-refractivity contribution is 6.17. The topological polar surface area (TPSA) is 27.7 Å². The van der Waals surface area contributed by atoms with Gasteiger partial charge in [0.05, 0.1) is 14.2 Å². The summed E-state index contributed by atoms with van der Waals surface area (Å²) in [5.41, 5.74) is 1.31. The van der Waals surface area contributed by atoms with Gasteiger partial charge in [0.15, 0.2) is 11.5 Å². The Balaban J connectivity index is 2.28. The first-order valence-corrected chi connectivity index (χ1v) is 6.90. The molecule has 0 aliphatic rings. The van der Waals surface area contributed by atoms with Gasteiger partial charge in [0.1, 0.15) is 12.4 Å². The molecule has 0 aliphatic carbocycles. The summed E-state index contributed by atoms with van der Waals surface area (Å²) in [6, 6.07) is 9.99. The lowest BCUT2D eigenvalue weighted by Gasteiger charge is -2.15. The summed E-state index contributed by atoms with van der Waals surface area (Å²) >= 11 is 5.83. The maximum absolute atomic E-state index is 13.6. The van der Waals surface area contributed by atoms with Gasteiger partial charge in [0.25, 0.3) is 0 Å². The van der Waals surface area contributed by atoms with E-state index in [9.17, 15) is 4.39 Å². The van der Waals surface area contributed by atoms with Gasteiger partial charge in [-0.3, -0.25) is 0 Å². The molecule has 2 aromatic carbocycles. The molecule has 0 unspecified atom stereocenters. The third-order valence-corrected chi connectivity index (χ3v) is 3.31. The second kappa shape index (κ2) is 7.18. The van der Waals surface area contributed by atoms with Crippen LogP contribution in [0.3, 0.4) is 0 Å². The van der Waals surface area contributed by atoms with Crippen LogP contribution >= 0.6 is 11.6 Å². The molecule has 5 heteroatoms. The Kier molecular flexibility index (Phi) is 5.28. The van der Waals surface area contributed by atoms with Crippen molar-refractivity contribution >= 4 is 11.6 Å². The maximum Gasteiger partial charge on any atom is 0.203 e. The van der Waals surface area contributed by atoms with Gasteiger partial charge in [-0.25, -0.2) is 4.39 Å². The van der Waals surface area contributed by atoms with E-state index in [1.54, 1.807) is 30.3 Å². The largest absolute Gasteiger partial charge is 0.493 e. The van der Waals surface area contributed by atoms with Crippen molar-refractivity contribution in [3.05, 3.63) is 53.3 Å². The van der Waals surface area contributed by atoms with Gasteiger partial charge in [0, 0.05) is 11.4 Å². The fraction of sp³-hybridized carbons (Fsp3) is 0.250. The average Bonchev–Trinajstić information content (AvgIpc) is 2.53. The fourth-order valence-corrected chi connectivity index (χ4v) is 2.07. The van der Waals surface area contributed by atoms with Crippen LogP contribution in [0.2, 0.25) is 0 Å². The molecule has 0 aliphatic heterocycles. The normalized spacial score (nSPS) is 10.3. The van der Waals surface area contributed by atoms with Gasteiger partial charge in [-0.15, -0.1) is 11.6 Å². The SMILES string of the molecule is COc1cc(CCl)cc(OC)c1OCc1ccccc1F. The van der Waals surface area contributed by atoms with Crippen LogP contribution in [-0.4, -0.2) is 14.2 Å². The minimum absolute atomic E-state index is 0.0830. The van der Waals surface area contributed by atoms with E-state index in [4.69, 9.17) is 25.8 Å². The number of hydrogen-bond acceptors (Lipinski definition) is 3. The summed E-state index contributed by atoms with van der Waals surface area (Å²) in [5, 5.41) is 0. The number of alkyl halides is 1. The van der Waals surface area contributed by atoms with Gasteiger partial charge in [-0.1, -0.05) is 18.2 Å². The van der Waals surface area contributed by atoms with E-state index in [-0.39, 0.29) is 12.4 Å². The molecule has 0 bridgehead atoms. The minimum Gasteiger partial charge on any atom is -0.493 e. The van der Waals surface area contributed by atoms with Crippen LogP contribution in [0, 0.1) is 5.82 Å². The highest BCUT2D eigenvalue weighted by Gasteiger charge is 2.15. The third kappa shape index (κ3) is 3.58. The standard InChI is InChI=1S/C16H16ClFO3/c1-19-14-7-11(9-17)8-15(20-2)16(14)21-10-12-5-3-4-6-13(12)18/h3-8H,9-10H2,1-2H3. The first-order valence-electron chi connectivity index (χ1n) is 6.36. The predicted octanol–water partition coefficient (Wildman–Crippen LogP) is 4.16. The number of halogens is 2. The first kappa shape index (κ1) is 15.4. The second-order valence-electron chi connectivity index (χ2n) is 4.34. The molecule has 0 aromatic heterocycles. The third-order valence-electron chi connectivity index (χ3n) is 3.00. The Bertz CT molecular complexity index is 591. The van der Waals surface area contributed by atoms with Gasteiger partial charge in [-0.05, 0) is 23.8 Å². The van der Waals surface area contributed by atoms with Crippen LogP contribution in [0.1, 0.15) is 11.1 Å². The maximum atomic E-state index is 13.6. The Labute approximate surface area is 128 Å². The number of ether oxygens (including phenoxy) is 3. The van der Waals surface area contributed by atoms with Crippen LogP contribution in [-0.2, 0) is 12.5 Å². The van der Waals surface area contributed by atoms with E-state index in [2.05, 4.69) is 0 Å². The second-order valence-corrected chi connectivity index (χ2v) is 4.61. The molecular weight excluding hydrogens is 295 g/mol. The summed E-state index contributed by atoms with van der Waals surface area (Å²) in [5.74, 6) is 1.45. The monoisotopic (exact) mass is 310 g/mol. The van der Waals surface area contributed by atoms with Gasteiger partial charge < -0.3 is 14.2 Å². The molecule has 0 heterocycles. The summed E-state index contributed by atoms with van der Waals surface area (Å²) in [7, 11) is 3.06. The van der Waals surface area contributed by atoms with Gasteiger partial charge in [0.2, 0.25) is 5.75 Å². The van der Waals surface area contributed by atoms with Crippen molar-refractivity contribution < 1.29 is 18.6 Å². The average molecular weight is 311 g/mol. The predicted molar refractivity (Wildman–Crippen MR) is 79.8 cm³/mol. The van der Waals surface area contributed by atoms with E-state index in [0.717, 1.165) is 5.56 Å². The number of rotatable bonds is 6. The highest BCUT2D eigenvalue weighted by Crippen LogP contribution is 2.39. The van der Waals surface area contributed by atoms with Gasteiger partial charge in [-0.2, -0.15) is 0 Å². The molecular formula is C16H16ClFO3. The van der Waals surface area contributed by atoms with Crippen LogP contribution in [0.5, 0.6) is 17.2 Å². The molecule has 2 aromatic rings. The molecule has 21 heavy (non-hydrogen) atoms. The number of benzene rings is 2. The van der Waals surface area contributed by atoms with Crippen molar-refractivity contribution in [2.75, 3.05) is 14.2 Å². The van der Waals surface area contributed by atoms with E-state index in [1.165, 1.54) is 20.3 Å². The Hall–Kier alpha value is -1.94. The van der Waals surface area contributed by atoms with Crippen LogP contribution in [0.4, 0.5) is 4.39 Å². The molecule has 3 nitrogen and oxygen atoms in total. The quantitative estimate of drug-likeness (QED) is 0.750. The Morgan fingerprint density at radius 2 is 1.67 bits per heavy atom. The molecule has 0 radical (unpaired) electrons. The molecule has 0 saturated heterocycles. The van der Waals surface area contributed by atoms with Crippen LogP contribution in [0.15, 0.2) is 36.4 Å². The summed E-state index contributed by atoms with van der Waals surface area (Å²) in [6.45, 7) is 0.0830. The molecule has 0 amide bonds. The Morgan fingerprint density at radius 1 is 1.05 bits per heavy atom.